The molecule has 0 bridgehead atoms. The van der Waals surface area contributed by atoms with Crippen LogP contribution in [0.4, 0.5) is 4.79 Å². The first-order chi connectivity index (χ1) is 9.04. The van der Waals surface area contributed by atoms with Gasteiger partial charge in [0.1, 0.15) is 0 Å². The van der Waals surface area contributed by atoms with Crippen LogP contribution in [0.5, 0.6) is 0 Å². The summed E-state index contributed by atoms with van der Waals surface area (Å²) < 4.78 is 0. The molecule has 1 aliphatic rings. The predicted molar refractivity (Wildman–Crippen MR) is 71.0 cm³/mol. The molecule has 1 saturated heterocycles. The highest BCUT2D eigenvalue weighted by molar-refractivity contribution is 8.15. The smallest absolute Gasteiger partial charge is 0.303 e. The van der Waals surface area contributed by atoms with E-state index in [4.69, 9.17) is 5.11 Å². The van der Waals surface area contributed by atoms with Gasteiger partial charge in [0.25, 0.3) is 5.24 Å². The molecule has 100 valence electrons. The van der Waals surface area contributed by atoms with Crippen molar-refractivity contribution in [2.24, 2.45) is 0 Å². The minimum Gasteiger partial charge on any atom is -0.481 e. The molecule has 1 aromatic rings. The van der Waals surface area contributed by atoms with Crippen LogP contribution < -0.4 is 5.32 Å². The van der Waals surface area contributed by atoms with Crippen LogP contribution in [0.25, 0.3) is 0 Å². The first-order valence-electron chi connectivity index (χ1n) is 5.85. The lowest BCUT2D eigenvalue weighted by Gasteiger charge is -2.06. The highest BCUT2D eigenvalue weighted by Gasteiger charge is 2.31. The third kappa shape index (κ3) is 3.82. The molecule has 5 nitrogen and oxygen atoms in total. The van der Waals surface area contributed by atoms with Gasteiger partial charge in [0.05, 0.1) is 5.25 Å². The van der Waals surface area contributed by atoms with E-state index in [1.54, 1.807) is 0 Å². The lowest BCUT2D eigenvalue weighted by atomic mass is 10.0. The normalized spacial score (nSPS) is 18.4. The molecule has 0 radical (unpaired) electrons. The van der Waals surface area contributed by atoms with Crippen molar-refractivity contribution < 1.29 is 19.5 Å². The fourth-order valence-electron chi connectivity index (χ4n) is 1.83. The highest BCUT2D eigenvalue weighted by Crippen LogP contribution is 2.23. The Hall–Kier alpha value is -1.82. The largest absolute Gasteiger partial charge is 0.481 e. The number of benzene rings is 1. The van der Waals surface area contributed by atoms with E-state index < -0.39 is 5.97 Å². The summed E-state index contributed by atoms with van der Waals surface area (Å²) in [6, 6.07) is 7.46. The van der Waals surface area contributed by atoms with Crippen molar-refractivity contribution >= 4 is 28.9 Å². The Morgan fingerprint density at radius 2 is 1.84 bits per heavy atom. The van der Waals surface area contributed by atoms with Crippen LogP contribution in [-0.2, 0) is 22.4 Å². The third-order valence-electron chi connectivity index (χ3n) is 2.84. The Morgan fingerprint density at radius 3 is 2.37 bits per heavy atom. The van der Waals surface area contributed by atoms with Gasteiger partial charge in [-0.15, -0.1) is 0 Å². The number of carboxylic acids is 1. The molecular weight excluding hydrogens is 266 g/mol. The van der Waals surface area contributed by atoms with Crippen LogP contribution in [0.3, 0.4) is 0 Å². The molecule has 1 aromatic carbocycles. The molecule has 1 fully saturated rings. The van der Waals surface area contributed by atoms with Crippen LogP contribution >= 0.6 is 11.8 Å². The lowest BCUT2D eigenvalue weighted by Crippen LogP contribution is -2.25. The number of aryl methyl sites for hydroxylation is 1. The van der Waals surface area contributed by atoms with E-state index in [2.05, 4.69) is 5.32 Å². The molecule has 0 unspecified atom stereocenters. The number of carbonyl (C=O) groups excluding carboxylic acids is 2. The fraction of sp³-hybridized carbons (Fsp3) is 0.308. The fourth-order valence-corrected chi connectivity index (χ4v) is 2.69. The zero-order valence-corrected chi connectivity index (χ0v) is 10.9. The third-order valence-corrected chi connectivity index (χ3v) is 3.82. The second-order valence-corrected chi connectivity index (χ2v) is 5.47. The van der Waals surface area contributed by atoms with Crippen molar-refractivity contribution in [2.75, 3.05) is 0 Å². The van der Waals surface area contributed by atoms with E-state index in [0.717, 1.165) is 22.9 Å². The monoisotopic (exact) mass is 279 g/mol. The Kier molecular flexibility index (Phi) is 4.21. The number of thioether (sulfide) groups is 1. The average Bonchev–Trinajstić information content (AvgIpc) is 2.67. The number of hydrogen-bond donors (Lipinski definition) is 2. The van der Waals surface area contributed by atoms with Gasteiger partial charge in [-0.2, -0.15) is 0 Å². The van der Waals surface area contributed by atoms with Crippen LogP contribution in [0.15, 0.2) is 24.3 Å². The van der Waals surface area contributed by atoms with Gasteiger partial charge in [-0.25, -0.2) is 0 Å². The van der Waals surface area contributed by atoms with Crippen LogP contribution in [0.2, 0.25) is 0 Å². The van der Waals surface area contributed by atoms with Crippen LogP contribution in [0.1, 0.15) is 17.5 Å². The van der Waals surface area contributed by atoms with Gasteiger partial charge in [0, 0.05) is 6.42 Å². The number of rotatable bonds is 5. The van der Waals surface area contributed by atoms with Crippen molar-refractivity contribution in [3.8, 4) is 0 Å². The molecule has 1 heterocycles. The quantitative estimate of drug-likeness (QED) is 0.855. The molecule has 2 N–H and O–H groups in total. The number of amides is 2. The second kappa shape index (κ2) is 5.88. The predicted octanol–water partition coefficient (Wildman–Crippen LogP) is 1.60. The summed E-state index contributed by atoms with van der Waals surface area (Å²) in [7, 11) is 0. The highest BCUT2D eigenvalue weighted by atomic mass is 32.2. The van der Waals surface area contributed by atoms with Gasteiger partial charge in [0.15, 0.2) is 0 Å². The Morgan fingerprint density at radius 1 is 1.21 bits per heavy atom. The molecule has 0 aliphatic carbocycles. The summed E-state index contributed by atoms with van der Waals surface area (Å²) in [5.74, 6) is -1.06. The number of carbonyl (C=O) groups is 3. The summed E-state index contributed by atoms with van der Waals surface area (Å²) in [4.78, 5) is 32.9. The van der Waals surface area contributed by atoms with Crippen molar-refractivity contribution in [1.82, 2.24) is 5.32 Å². The van der Waals surface area contributed by atoms with E-state index >= 15 is 0 Å². The molecule has 0 aromatic heterocycles. The topological polar surface area (TPSA) is 83.5 Å². The van der Waals surface area contributed by atoms with Gasteiger partial charge in [-0.3, -0.25) is 19.7 Å². The second-order valence-electron chi connectivity index (χ2n) is 4.30. The summed E-state index contributed by atoms with van der Waals surface area (Å²) >= 11 is 1.01. The summed E-state index contributed by atoms with van der Waals surface area (Å²) in [5, 5.41) is 10.2. The van der Waals surface area contributed by atoms with Crippen LogP contribution in [-0.4, -0.2) is 27.5 Å². The summed E-state index contributed by atoms with van der Waals surface area (Å²) in [6.07, 6.45) is 1.10. The van der Waals surface area contributed by atoms with Crippen molar-refractivity contribution in [3.05, 3.63) is 35.4 Å². The number of nitrogens with one attached hydrogen (secondary N) is 1. The molecule has 19 heavy (non-hydrogen) atoms. The van der Waals surface area contributed by atoms with Gasteiger partial charge in [0.2, 0.25) is 5.91 Å². The Labute approximate surface area is 114 Å². The minimum absolute atomic E-state index is 0.106. The molecule has 6 heteroatoms. The van der Waals surface area contributed by atoms with Crippen LogP contribution in [0, 0.1) is 0 Å². The van der Waals surface area contributed by atoms with Gasteiger partial charge in [-0.1, -0.05) is 36.0 Å². The van der Waals surface area contributed by atoms with Gasteiger partial charge >= 0.3 is 5.97 Å². The maximum absolute atomic E-state index is 11.4. The number of hydrogen-bond acceptors (Lipinski definition) is 4. The molecule has 1 atom stereocenters. The number of imide groups is 1. The first-order valence-corrected chi connectivity index (χ1v) is 6.73. The molecular formula is C13H13NO4S. The van der Waals surface area contributed by atoms with Crippen molar-refractivity contribution in [3.63, 3.8) is 0 Å². The van der Waals surface area contributed by atoms with Crippen molar-refractivity contribution in [1.29, 1.82) is 0 Å². The van der Waals surface area contributed by atoms with E-state index in [1.807, 2.05) is 24.3 Å². The zero-order valence-electron chi connectivity index (χ0n) is 10.1. The number of carboxylic acid groups (broad SMARTS) is 1. The Balaban J connectivity index is 1.93. The SMILES string of the molecule is O=C(O)CCc1ccc(C[C@@H]2SC(=O)NC2=O)cc1. The average molecular weight is 279 g/mol. The first kappa shape index (κ1) is 13.6. The van der Waals surface area contributed by atoms with E-state index in [-0.39, 0.29) is 22.8 Å². The standard InChI is InChI=1S/C13H13NO4S/c15-11(16)6-5-8-1-3-9(4-2-8)7-10-12(17)14-13(18)19-10/h1-4,10H,5-7H2,(H,15,16)(H,14,17,18)/t10-/m0/s1. The maximum Gasteiger partial charge on any atom is 0.303 e. The minimum atomic E-state index is -0.818. The molecule has 2 rings (SSSR count). The molecule has 2 amide bonds. The summed E-state index contributed by atoms with van der Waals surface area (Å²) in [5.41, 5.74) is 1.91. The van der Waals surface area contributed by atoms with Gasteiger partial charge < -0.3 is 5.11 Å². The van der Waals surface area contributed by atoms with E-state index in [1.165, 1.54) is 0 Å². The number of aliphatic carboxylic acids is 1. The van der Waals surface area contributed by atoms with E-state index in [9.17, 15) is 14.4 Å². The van der Waals surface area contributed by atoms with Crippen molar-refractivity contribution in [2.45, 2.75) is 24.5 Å². The molecule has 0 saturated carbocycles. The zero-order chi connectivity index (χ0) is 13.8. The maximum atomic E-state index is 11.4. The van der Waals surface area contributed by atoms with Gasteiger partial charge in [-0.05, 0) is 24.0 Å². The van der Waals surface area contributed by atoms with E-state index in [0.29, 0.717) is 12.8 Å². The Bertz CT molecular complexity index is 512. The summed E-state index contributed by atoms with van der Waals surface area (Å²) in [6.45, 7) is 0. The lowest BCUT2D eigenvalue weighted by molar-refractivity contribution is -0.137. The molecule has 1 aliphatic heterocycles. The molecule has 0 spiro atoms.